The molecule has 2 amide bonds. The molecule has 0 spiro atoms. The monoisotopic (exact) mass is 284 g/mol. The third-order valence-corrected chi connectivity index (χ3v) is 3.77. The fourth-order valence-corrected chi connectivity index (χ4v) is 2.74. The first-order valence-electron chi connectivity index (χ1n) is 7.24. The normalized spacial score (nSPS) is 25.2. The summed E-state index contributed by atoms with van der Waals surface area (Å²) in [5, 5.41) is 9.49. The molecule has 6 heteroatoms. The first-order valence-corrected chi connectivity index (χ1v) is 7.24. The number of aliphatic hydroxyl groups excluding tert-OH is 1. The summed E-state index contributed by atoms with van der Waals surface area (Å²) in [6.07, 6.45) is 0.892. The van der Waals surface area contributed by atoms with Gasteiger partial charge in [0.05, 0.1) is 0 Å². The van der Waals surface area contributed by atoms with Crippen molar-refractivity contribution >= 4 is 12.0 Å². The molecule has 1 N–H and O–H groups in total. The molecule has 2 saturated heterocycles. The SMILES string of the molecule is CC(C)(C)OC(=O)N1CCC(N2CC[C@H](O)C2=O)CC1. The summed E-state index contributed by atoms with van der Waals surface area (Å²) in [6, 6.07) is 0.137. The second kappa shape index (κ2) is 5.60. The van der Waals surface area contributed by atoms with E-state index in [4.69, 9.17) is 4.74 Å². The molecule has 0 bridgehead atoms. The summed E-state index contributed by atoms with van der Waals surface area (Å²) in [4.78, 5) is 27.2. The number of piperidine rings is 1. The average molecular weight is 284 g/mol. The fourth-order valence-electron chi connectivity index (χ4n) is 2.74. The Kier molecular flexibility index (Phi) is 4.22. The lowest BCUT2D eigenvalue weighted by molar-refractivity contribution is -0.137. The van der Waals surface area contributed by atoms with E-state index in [1.54, 1.807) is 9.80 Å². The molecule has 2 aliphatic heterocycles. The minimum atomic E-state index is -0.834. The first kappa shape index (κ1) is 15.1. The highest BCUT2D eigenvalue weighted by Crippen LogP contribution is 2.23. The van der Waals surface area contributed by atoms with Gasteiger partial charge in [0.25, 0.3) is 5.91 Å². The number of likely N-dealkylation sites (tertiary alicyclic amines) is 2. The van der Waals surface area contributed by atoms with Crippen LogP contribution in [-0.4, -0.2) is 64.3 Å². The minimum Gasteiger partial charge on any atom is -0.444 e. The van der Waals surface area contributed by atoms with Crippen LogP contribution in [0.15, 0.2) is 0 Å². The minimum absolute atomic E-state index is 0.137. The fraction of sp³-hybridized carbons (Fsp3) is 0.857. The zero-order valence-corrected chi connectivity index (χ0v) is 12.5. The number of hydrogen-bond donors (Lipinski definition) is 1. The van der Waals surface area contributed by atoms with Crippen LogP contribution in [0.3, 0.4) is 0 Å². The largest absolute Gasteiger partial charge is 0.444 e. The molecule has 1 atom stereocenters. The van der Waals surface area contributed by atoms with Crippen molar-refractivity contribution in [2.75, 3.05) is 19.6 Å². The van der Waals surface area contributed by atoms with Crippen molar-refractivity contribution in [2.24, 2.45) is 0 Å². The predicted octanol–water partition coefficient (Wildman–Crippen LogP) is 0.979. The molecular weight excluding hydrogens is 260 g/mol. The molecule has 0 aromatic rings. The van der Waals surface area contributed by atoms with Gasteiger partial charge >= 0.3 is 6.09 Å². The summed E-state index contributed by atoms with van der Waals surface area (Å²) in [6.45, 7) is 7.36. The maximum atomic E-state index is 11.9. The van der Waals surface area contributed by atoms with Crippen LogP contribution in [0.5, 0.6) is 0 Å². The lowest BCUT2D eigenvalue weighted by atomic mass is 10.0. The van der Waals surface area contributed by atoms with E-state index in [-0.39, 0.29) is 18.0 Å². The molecule has 2 heterocycles. The molecule has 2 fully saturated rings. The molecule has 0 aromatic carbocycles. The maximum Gasteiger partial charge on any atom is 0.410 e. The van der Waals surface area contributed by atoms with Crippen LogP contribution in [-0.2, 0) is 9.53 Å². The van der Waals surface area contributed by atoms with Crippen molar-refractivity contribution in [1.29, 1.82) is 0 Å². The number of rotatable bonds is 1. The van der Waals surface area contributed by atoms with Crippen molar-refractivity contribution in [3.8, 4) is 0 Å². The molecule has 0 aliphatic carbocycles. The molecule has 2 rings (SSSR count). The van der Waals surface area contributed by atoms with Crippen LogP contribution >= 0.6 is 0 Å². The van der Waals surface area contributed by atoms with Gasteiger partial charge in [-0.1, -0.05) is 0 Å². The molecule has 114 valence electrons. The van der Waals surface area contributed by atoms with Gasteiger partial charge in [-0.05, 0) is 40.0 Å². The topological polar surface area (TPSA) is 70.1 Å². The zero-order valence-electron chi connectivity index (χ0n) is 12.5. The van der Waals surface area contributed by atoms with Gasteiger partial charge in [0.15, 0.2) is 0 Å². The summed E-state index contributed by atoms with van der Waals surface area (Å²) in [5.41, 5.74) is -0.483. The van der Waals surface area contributed by atoms with Crippen LogP contribution in [0.2, 0.25) is 0 Å². The Morgan fingerprint density at radius 1 is 1.20 bits per heavy atom. The Hall–Kier alpha value is -1.30. The van der Waals surface area contributed by atoms with E-state index in [1.807, 2.05) is 20.8 Å². The van der Waals surface area contributed by atoms with Crippen molar-refractivity contribution in [3.05, 3.63) is 0 Å². The van der Waals surface area contributed by atoms with Crippen LogP contribution < -0.4 is 0 Å². The highest BCUT2D eigenvalue weighted by Gasteiger charge is 2.37. The van der Waals surface area contributed by atoms with Gasteiger partial charge in [-0.15, -0.1) is 0 Å². The van der Waals surface area contributed by atoms with E-state index in [0.29, 0.717) is 26.1 Å². The molecule has 6 nitrogen and oxygen atoms in total. The lowest BCUT2D eigenvalue weighted by Gasteiger charge is -2.37. The number of carbonyl (C=O) groups excluding carboxylic acids is 2. The van der Waals surface area contributed by atoms with Crippen molar-refractivity contribution in [1.82, 2.24) is 9.80 Å². The Morgan fingerprint density at radius 2 is 1.80 bits per heavy atom. The second-order valence-electron chi connectivity index (χ2n) is 6.53. The van der Waals surface area contributed by atoms with Gasteiger partial charge < -0.3 is 19.6 Å². The molecule has 0 unspecified atom stereocenters. The van der Waals surface area contributed by atoms with E-state index < -0.39 is 11.7 Å². The Morgan fingerprint density at radius 3 is 2.25 bits per heavy atom. The van der Waals surface area contributed by atoms with Gasteiger partial charge in [-0.3, -0.25) is 4.79 Å². The van der Waals surface area contributed by atoms with Crippen molar-refractivity contribution in [2.45, 2.75) is 57.8 Å². The van der Waals surface area contributed by atoms with E-state index in [9.17, 15) is 14.7 Å². The Labute approximate surface area is 119 Å². The summed E-state index contributed by atoms with van der Waals surface area (Å²) < 4.78 is 5.34. The molecule has 0 saturated carbocycles. The second-order valence-corrected chi connectivity index (χ2v) is 6.53. The van der Waals surface area contributed by atoms with E-state index in [0.717, 1.165) is 12.8 Å². The van der Waals surface area contributed by atoms with Gasteiger partial charge in [-0.25, -0.2) is 4.79 Å². The van der Waals surface area contributed by atoms with Crippen LogP contribution in [0.4, 0.5) is 4.79 Å². The zero-order chi connectivity index (χ0) is 14.9. The van der Waals surface area contributed by atoms with E-state index >= 15 is 0 Å². The van der Waals surface area contributed by atoms with Crippen LogP contribution in [0.25, 0.3) is 0 Å². The van der Waals surface area contributed by atoms with Gasteiger partial charge in [0.1, 0.15) is 11.7 Å². The third kappa shape index (κ3) is 3.42. The molecule has 2 aliphatic rings. The number of nitrogens with zero attached hydrogens (tertiary/aromatic N) is 2. The summed E-state index contributed by atoms with van der Waals surface area (Å²) in [5.74, 6) is -0.166. The number of aliphatic hydroxyl groups is 1. The molecular formula is C14H24N2O4. The average Bonchev–Trinajstić information content (AvgIpc) is 2.68. The van der Waals surface area contributed by atoms with E-state index in [1.165, 1.54) is 0 Å². The molecule has 0 radical (unpaired) electrons. The lowest BCUT2D eigenvalue weighted by Crippen LogP contribution is -2.48. The molecule has 20 heavy (non-hydrogen) atoms. The third-order valence-electron chi connectivity index (χ3n) is 3.77. The summed E-state index contributed by atoms with van der Waals surface area (Å²) >= 11 is 0. The first-order chi connectivity index (χ1) is 9.28. The predicted molar refractivity (Wildman–Crippen MR) is 73.2 cm³/mol. The Bertz CT molecular complexity index is 383. The quantitative estimate of drug-likeness (QED) is 0.779. The standard InChI is InChI=1S/C14H24N2O4/c1-14(2,3)20-13(19)15-7-4-10(5-8-15)16-9-6-11(17)12(16)18/h10-11,17H,4-9H2,1-3H3/t11-/m0/s1. The smallest absolute Gasteiger partial charge is 0.410 e. The molecule has 0 aromatic heterocycles. The maximum absolute atomic E-state index is 11.9. The summed E-state index contributed by atoms with van der Waals surface area (Å²) in [7, 11) is 0. The highest BCUT2D eigenvalue weighted by molar-refractivity contribution is 5.83. The van der Waals surface area contributed by atoms with Crippen molar-refractivity contribution < 1.29 is 19.4 Å². The Balaban J connectivity index is 1.84. The van der Waals surface area contributed by atoms with Crippen LogP contribution in [0, 0.1) is 0 Å². The van der Waals surface area contributed by atoms with Gasteiger partial charge in [0.2, 0.25) is 0 Å². The number of ether oxygens (including phenoxy) is 1. The van der Waals surface area contributed by atoms with Gasteiger partial charge in [0, 0.05) is 25.7 Å². The van der Waals surface area contributed by atoms with E-state index in [2.05, 4.69) is 0 Å². The number of carbonyl (C=O) groups is 2. The van der Waals surface area contributed by atoms with Gasteiger partial charge in [-0.2, -0.15) is 0 Å². The van der Waals surface area contributed by atoms with Crippen LogP contribution in [0.1, 0.15) is 40.0 Å². The highest BCUT2D eigenvalue weighted by atomic mass is 16.6. The van der Waals surface area contributed by atoms with Crippen molar-refractivity contribution in [3.63, 3.8) is 0 Å². The number of amides is 2. The number of hydrogen-bond acceptors (Lipinski definition) is 4.